The molecule has 0 amide bonds. The third-order valence-electron chi connectivity index (χ3n) is 4.18. The normalized spacial score (nSPS) is 19.2. The van der Waals surface area contributed by atoms with E-state index in [1.54, 1.807) is 28.6 Å². The highest BCUT2D eigenvalue weighted by atomic mass is 32.2. The van der Waals surface area contributed by atoms with E-state index < -0.39 is 10.0 Å². The molecule has 130 valence electrons. The van der Waals surface area contributed by atoms with E-state index in [4.69, 9.17) is 4.42 Å². The number of aromatic nitrogens is 2. The van der Waals surface area contributed by atoms with Gasteiger partial charge in [0.15, 0.2) is 0 Å². The first-order valence-electron chi connectivity index (χ1n) is 8.31. The summed E-state index contributed by atoms with van der Waals surface area (Å²) in [5.74, 6) is 1.95. The molecule has 1 aromatic carbocycles. The molecule has 0 radical (unpaired) electrons. The first-order valence-corrected chi connectivity index (χ1v) is 9.75. The molecule has 0 saturated carbocycles. The number of sulfonamides is 1. The number of benzene rings is 1. The van der Waals surface area contributed by atoms with E-state index >= 15 is 0 Å². The van der Waals surface area contributed by atoms with Crippen molar-refractivity contribution in [1.29, 1.82) is 0 Å². The summed E-state index contributed by atoms with van der Waals surface area (Å²) in [5, 5.41) is 8.16. The van der Waals surface area contributed by atoms with E-state index in [0.29, 0.717) is 42.1 Å². The van der Waals surface area contributed by atoms with Gasteiger partial charge in [0.2, 0.25) is 21.8 Å². The van der Waals surface area contributed by atoms with Crippen LogP contribution in [-0.4, -0.2) is 36.0 Å². The molecular weight excluding hydrogens is 326 g/mol. The smallest absolute Gasteiger partial charge is 0.243 e. The minimum Gasteiger partial charge on any atom is -0.425 e. The van der Waals surface area contributed by atoms with Crippen molar-refractivity contribution in [2.75, 3.05) is 13.1 Å². The van der Waals surface area contributed by atoms with Crippen LogP contribution in [0, 0.1) is 11.8 Å². The lowest BCUT2D eigenvalue weighted by Gasteiger charge is -2.16. The van der Waals surface area contributed by atoms with Crippen LogP contribution in [-0.2, 0) is 22.9 Å². The molecule has 1 aliphatic rings. The summed E-state index contributed by atoms with van der Waals surface area (Å²) in [7, 11) is -3.41. The molecule has 1 fully saturated rings. The molecule has 1 unspecified atom stereocenters. The Labute approximate surface area is 142 Å². The van der Waals surface area contributed by atoms with Gasteiger partial charge in [-0.2, -0.15) is 4.31 Å². The molecule has 24 heavy (non-hydrogen) atoms. The van der Waals surface area contributed by atoms with Gasteiger partial charge in [-0.15, -0.1) is 10.2 Å². The van der Waals surface area contributed by atoms with Gasteiger partial charge in [-0.25, -0.2) is 8.42 Å². The fourth-order valence-electron chi connectivity index (χ4n) is 2.97. The highest BCUT2D eigenvalue weighted by Gasteiger charge is 2.33. The third-order valence-corrected chi connectivity index (χ3v) is 6.06. The van der Waals surface area contributed by atoms with Crippen molar-refractivity contribution in [2.24, 2.45) is 11.8 Å². The quantitative estimate of drug-likeness (QED) is 0.801. The fraction of sp³-hybridized carbons (Fsp3) is 0.529. The Kier molecular flexibility index (Phi) is 5.01. The molecule has 0 N–H and O–H groups in total. The van der Waals surface area contributed by atoms with Crippen LogP contribution in [0.1, 0.15) is 32.0 Å². The summed E-state index contributed by atoms with van der Waals surface area (Å²) in [4.78, 5) is 0.350. The fourth-order valence-corrected chi connectivity index (χ4v) is 4.53. The molecule has 1 aromatic heterocycles. The van der Waals surface area contributed by atoms with Crippen LogP contribution in [0.15, 0.2) is 39.6 Å². The lowest BCUT2D eigenvalue weighted by Crippen LogP contribution is -2.29. The lowest BCUT2D eigenvalue weighted by atomic mass is 10.1. The standard InChI is InChI=1S/C17H23N3O3S/c1-13(2)10-16-18-19-17(23-16)11-14-8-9-20(12-14)24(21,22)15-6-4-3-5-7-15/h3-7,13-14H,8-12H2,1-2H3. The minimum atomic E-state index is -3.41. The molecule has 2 heterocycles. The zero-order chi connectivity index (χ0) is 17.2. The first kappa shape index (κ1) is 17.1. The van der Waals surface area contributed by atoms with Crippen LogP contribution in [0.4, 0.5) is 0 Å². The molecular formula is C17H23N3O3S. The average Bonchev–Trinajstić information content (AvgIpc) is 3.18. The highest BCUT2D eigenvalue weighted by Crippen LogP contribution is 2.26. The molecule has 3 rings (SSSR count). The van der Waals surface area contributed by atoms with Crippen LogP contribution in [0.5, 0.6) is 0 Å². The van der Waals surface area contributed by atoms with Gasteiger partial charge < -0.3 is 4.42 Å². The van der Waals surface area contributed by atoms with E-state index in [1.165, 1.54) is 0 Å². The molecule has 0 bridgehead atoms. The van der Waals surface area contributed by atoms with Crippen LogP contribution in [0.3, 0.4) is 0 Å². The topological polar surface area (TPSA) is 76.3 Å². The van der Waals surface area contributed by atoms with Crippen molar-refractivity contribution in [3.63, 3.8) is 0 Å². The third kappa shape index (κ3) is 3.84. The Morgan fingerprint density at radius 1 is 1.21 bits per heavy atom. The maximum atomic E-state index is 12.6. The molecule has 1 saturated heterocycles. The Hall–Kier alpha value is -1.73. The monoisotopic (exact) mass is 349 g/mol. The summed E-state index contributed by atoms with van der Waals surface area (Å²) in [6.07, 6.45) is 2.21. The number of hydrogen-bond acceptors (Lipinski definition) is 5. The van der Waals surface area contributed by atoms with E-state index in [0.717, 1.165) is 12.8 Å². The van der Waals surface area contributed by atoms with Crippen LogP contribution in [0.25, 0.3) is 0 Å². The maximum absolute atomic E-state index is 12.6. The van der Waals surface area contributed by atoms with Gasteiger partial charge in [-0.05, 0) is 30.4 Å². The van der Waals surface area contributed by atoms with Crippen LogP contribution in [0.2, 0.25) is 0 Å². The predicted molar refractivity (Wildman–Crippen MR) is 89.9 cm³/mol. The molecule has 1 aliphatic heterocycles. The van der Waals surface area contributed by atoms with Crippen molar-refractivity contribution >= 4 is 10.0 Å². The summed E-state index contributed by atoms with van der Waals surface area (Å²) >= 11 is 0. The Balaban J connectivity index is 1.62. The van der Waals surface area contributed by atoms with Gasteiger partial charge in [0.25, 0.3) is 0 Å². The molecule has 6 nitrogen and oxygen atoms in total. The maximum Gasteiger partial charge on any atom is 0.243 e. The molecule has 2 aromatic rings. The van der Waals surface area contributed by atoms with Crippen molar-refractivity contribution in [1.82, 2.24) is 14.5 Å². The average molecular weight is 349 g/mol. The van der Waals surface area contributed by atoms with Gasteiger partial charge in [-0.3, -0.25) is 0 Å². The Morgan fingerprint density at radius 3 is 2.62 bits per heavy atom. The highest BCUT2D eigenvalue weighted by molar-refractivity contribution is 7.89. The summed E-state index contributed by atoms with van der Waals surface area (Å²) in [6.45, 7) is 5.24. The van der Waals surface area contributed by atoms with E-state index in [-0.39, 0.29) is 5.92 Å². The second kappa shape index (κ2) is 7.03. The predicted octanol–water partition coefficient (Wildman–Crippen LogP) is 2.52. The van der Waals surface area contributed by atoms with Gasteiger partial charge in [-0.1, -0.05) is 32.0 Å². The molecule has 0 spiro atoms. The second-order valence-corrected chi connectivity index (χ2v) is 8.66. The Bertz CT molecular complexity index is 771. The number of nitrogens with zero attached hydrogens (tertiary/aromatic N) is 3. The van der Waals surface area contributed by atoms with E-state index in [2.05, 4.69) is 24.0 Å². The van der Waals surface area contributed by atoms with Gasteiger partial charge in [0.05, 0.1) is 4.90 Å². The van der Waals surface area contributed by atoms with Gasteiger partial charge in [0, 0.05) is 25.9 Å². The van der Waals surface area contributed by atoms with Crippen molar-refractivity contribution in [3.8, 4) is 0 Å². The molecule has 7 heteroatoms. The van der Waals surface area contributed by atoms with Gasteiger partial charge in [0.1, 0.15) is 0 Å². The van der Waals surface area contributed by atoms with Crippen LogP contribution < -0.4 is 0 Å². The van der Waals surface area contributed by atoms with Gasteiger partial charge >= 0.3 is 0 Å². The number of hydrogen-bond donors (Lipinski definition) is 0. The van der Waals surface area contributed by atoms with Crippen LogP contribution >= 0.6 is 0 Å². The zero-order valence-corrected chi connectivity index (χ0v) is 14.9. The molecule has 0 aliphatic carbocycles. The zero-order valence-electron chi connectivity index (χ0n) is 14.1. The summed E-state index contributed by atoms with van der Waals surface area (Å²) in [6, 6.07) is 8.58. The first-order chi connectivity index (χ1) is 11.4. The lowest BCUT2D eigenvalue weighted by molar-refractivity contribution is 0.391. The molecule has 1 atom stereocenters. The largest absolute Gasteiger partial charge is 0.425 e. The second-order valence-electron chi connectivity index (χ2n) is 6.72. The van der Waals surface area contributed by atoms with Crippen molar-refractivity contribution in [2.45, 2.75) is 38.0 Å². The minimum absolute atomic E-state index is 0.218. The summed E-state index contributed by atoms with van der Waals surface area (Å²) in [5.41, 5.74) is 0. The SMILES string of the molecule is CC(C)Cc1nnc(CC2CCN(S(=O)(=O)c3ccccc3)C2)o1. The summed E-state index contributed by atoms with van der Waals surface area (Å²) < 4.78 is 32.5. The number of rotatable bonds is 6. The van der Waals surface area contributed by atoms with E-state index in [1.807, 2.05) is 6.07 Å². The van der Waals surface area contributed by atoms with Crippen molar-refractivity contribution < 1.29 is 12.8 Å². The Morgan fingerprint density at radius 2 is 1.92 bits per heavy atom. The van der Waals surface area contributed by atoms with E-state index in [9.17, 15) is 8.42 Å². The van der Waals surface area contributed by atoms with Crippen molar-refractivity contribution in [3.05, 3.63) is 42.1 Å².